The molecule has 1 saturated heterocycles. The first-order chi connectivity index (χ1) is 14.0. The van der Waals surface area contributed by atoms with Crippen molar-refractivity contribution in [2.45, 2.75) is 22.5 Å². The first kappa shape index (κ1) is 20.3. The fourth-order valence-electron chi connectivity index (χ4n) is 4.12. The Hall–Kier alpha value is -1.99. The van der Waals surface area contributed by atoms with Crippen LogP contribution in [0.1, 0.15) is 12.8 Å². The molecule has 0 spiro atoms. The number of carbonyl (C=O) groups excluding carboxylic acids is 3. The fraction of sp³-hybridized carbons (Fsp3) is 0.318. The number of para-hydroxylation sites is 2. The van der Waals surface area contributed by atoms with Crippen LogP contribution < -0.4 is 4.90 Å². The molecule has 0 N–H and O–H groups in total. The van der Waals surface area contributed by atoms with Gasteiger partial charge in [0.15, 0.2) is 0 Å². The Bertz CT molecular complexity index is 855. The van der Waals surface area contributed by atoms with Crippen LogP contribution in [-0.2, 0) is 14.4 Å². The summed E-state index contributed by atoms with van der Waals surface area (Å²) in [6.45, 7) is -0.256. The van der Waals surface area contributed by atoms with Gasteiger partial charge in [-0.1, -0.05) is 68.3 Å². The van der Waals surface area contributed by atoms with E-state index in [0.29, 0.717) is 24.2 Å². The monoisotopic (exact) mass is 518 g/mol. The Balaban J connectivity index is 1.60. The van der Waals surface area contributed by atoms with Crippen LogP contribution in [-0.4, -0.2) is 38.8 Å². The van der Waals surface area contributed by atoms with Gasteiger partial charge in [0, 0.05) is 21.0 Å². The maximum atomic E-state index is 13.3. The maximum Gasteiger partial charge on any atom is 0.251 e. The minimum Gasteiger partial charge on any atom is -0.280 e. The van der Waals surface area contributed by atoms with E-state index in [1.165, 1.54) is 0 Å². The van der Waals surface area contributed by atoms with Crippen molar-refractivity contribution in [3.63, 3.8) is 0 Å². The molecule has 0 aromatic heterocycles. The first-order valence-electron chi connectivity index (χ1n) is 9.54. The van der Waals surface area contributed by atoms with Crippen LogP contribution in [0.25, 0.3) is 0 Å². The summed E-state index contributed by atoms with van der Waals surface area (Å²) in [7, 11) is 0. The van der Waals surface area contributed by atoms with Gasteiger partial charge in [-0.25, -0.2) is 0 Å². The van der Waals surface area contributed by atoms with E-state index in [4.69, 9.17) is 0 Å². The smallest absolute Gasteiger partial charge is 0.251 e. The largest absolute Gasteiger partial charge is 0.280 e. The van der Waals surface area contributed by atoms with Crippen molar-refractivity contribution in [1.82, 2.24) is 4.90 Å². The average molecular weight is 520 g/mol. The quantitative estimate of drug-likeness (QED) is 0.447. The highest BCUT2D eigenvalue weighted by Gasteiger charge is 2.52. The summed E-state index contributed by atoms with van der Waals surface area (Å²) in [5.74, 6) is -1.49. The van der Waals surface area contributed by atoms with E-state index in [2.05, 4.69) is 31.9 Å². The van der Waals surface area contributed by atoms with E-state index in [9.17, 15) is 14.4 Å². The lowest BCUT2D eigenvalue weighted by Gasteiger charge is -2.29. The number of benzene rings is 2. The van der Waals surface area contributed by atoms with E-state index in [-0.39, 0.29) is 45.8 Å². The molecule has 0 unspecified atom stereocenters. The van der Waals surface area contributed by atoms with E-state index in [0.717, 1.165) is 4.90 Å². The number of likely N-dealkylation sites (tertiary alicyclic amines) is 1. The molecule has 5 nitrogen and oxygen atoms in total. The van der Waals surface area contributed by atoms with Crippen molar-refractivity contribution in [2.75, 3.05) is 11.4 Å². The van der Waals surface area contributed by atoms with Crippen LogP contribution in [0.4, 0.5) is 11.4 Å². The Labute approximate surface area is 186 Å². The molecular formula is C22H20Br2N2O3. The molecule has 29 heavy (non-hydrogen) atoms. The number of amides is 3. The highest BCUT2D eigenvalue weighted by atomic mass is 79.9. The molecule has 0 bridgehead atoms. The van der Waals surface area contributed by atoms with Gasteiger partial charge in [-0.15, -0.1) is 0 Å². The summed E-state index contributed by atoms with van der Waals surface area (Å²) < 4.78 is 0. The second-order valence-electron chi connectivity index (χ2n) is 7.38. The molecule has 1 aliphatic heterocycles. The lowest BCUT2D eigenvalue weighted by Crippen LogP contribution is -2.41. The topological polar surface area (TPSA) is 57.7 Å². The van der Waals surface area contributed by atoms with Crippen LogP contribution >= 0.6 is 31.9 Å². The number of anilines is 2. The minimum atomic E-state index is -0.352. The lowest BCUT2D eigenvalue weighted by molar-refractivity contribution is -0.143. The molecule has 2 fully saturated rings. The number of carbonyl (C=O) groups is 3. The third kappa shape index (κ3) is 3.90. The van der Waals surface area contributed by atoms with Crippen molar-refractivity contribution in [3.05, 3.63) is 60.7 Å². The average Bonchev–Trinajstić information content (AvgIpc) is 2.95. The maximum absolute atomic E-state index is 13.3. The number of rotatable bonds is 4. The number of imide groups is 1. The zero-order valence-corrected chi connectivity index (χ0v) is 18.8. The van der Waals surface area contributed by atoms with Gasteiger partial charge in [0.25, 0.3) is 5.91 Å². The highest BCUT2D eigenvalue weighted by Crippen LogP contribution is 2.43. The molecule has 150 valence electrons. The molecule has 2 aliphatic rings. The van der Waals surface area contributed by atoms with Gasteiger partial charge in [-0.05, 0) is 37.1 Å². The van der Waals surface area contributed by atoms with Gasteiger partial charge in [0.1, 0.15) is 6.54 Å². The molecular weight excluding hydrogens is 500 g/mol. The number of nitrogens with zero attached hydrogens (tertiary/aromatic N) is 2. The second kappa shape index (κ2) is 8.40. The number of hydrogen-bond acceptors (Lipinski definition) is 3. The summed E-state index contributed by atoms with van der Waals surface area (Å²) in [5.41, 5.74) is 1.39. The molecule has 3 amide bonds. The fourth-order valence-corrected chi connectivity index (χ4v) is 5.35. The number of alkyl halides is 2. The van der Waals surface area contributed by atoms with Crippen LogP contribution in [0.15, 0.2) is 60.7 Å². The van der Waals surface area contributed by atoms with Gasteiger partial charge in [-0.3, -0.25) is 24.2 Å². The van der Waals surface area contributed by atoms with Gasteiger partial charge in [-0.2, -0.15) is 0 Å². The molecule has 4 rings (SSSR count). The summed E-state index contributed by atoms with van der Waals surface area (Å²) in [5, 5.41) is 0. The Morgan fingerprint density at radius 2 is 1.24 bits per heavy atom. The van der Waals surface area contributed by atoms with Crippen molar-refractivity contribution < 1.29 is 14.4 Å². The van der Waals surface area contributed by atoms with E-state index in [1.807, 2.05) is 60.7 Å². The summed E-state index contributed by atoms with van der Waals surface area (Å²) in [6, 6.07) is 18.5. The Morgan fingerprint density at radius 3 is 1.66 bits per heavy atom. The normalized spacial score (nSPS) is 26.3. The van der Waals surface area contributed by atoms with Gasteiger partial charge >= 0.3 is 0 Å². The molecule has 1 aliphatic carbocycles. The van der Waals surface area contributed by atoms with Gasteiger partial charge in [0.05, 0.1) is 11.8 Å². The van der Waals surface area contributed by atoms with E-state index >= 15 is 0 Å². The Kier molecular flexibility index (Phi) is 5.88. The second-order valence-corrected chi connectivity index (χ2v) is 9.73. The minimum absolute atomic E-state index is 0.140. The molecule has 7 heteroatoms. The molecule has 2 aromatic rings. The third-order valence-corrected chi connectivity index (χ3v) is 8.31. The van der Waals surface area contributed by atoms with E-state index in [1.54, 1.807) is 4.90 Å². The van der Waals surface area contributed by atoms with Crippen molar-refractivity contribution in [1.29, 1.82) is 0 Å². The van der Waals surface area contributed by atoms with Crippen LogP contribution in [0.2, 0.25) is 0 Å². The van der Waals surface area contributed by atoms with Crippen molar-refractivity contribution in [3.8, 4) is 0 Å². The predicted octanol–water partition coefficient (Wildman–Crippen LogP) is 4.27. The standard InChI is InChI=1S/C22H20Br2N2O3/c23-18-11-16-17(12-19(18)24)22(29)25(21(16)28)13-20(27)26(14-7-3-1-4-8-14)15-9-5-2-6-10-15/h1-10,16-19H,11-13H2/t16-,17+,18-,19-/m0/s1. The molecule has 4 atom stereocenters. The molecule has 0 radical (unpaired) electrons. The molecule has 2 aromatic carbocycles. The Morgan fingerprint density at radius 1 is 0.828 bits per heavy atom. The summed E-state index contributed by atoms with van der Waals surface area (Å²) in [4.78, 5) is 42.1. The lowest BCUT2D eigenvalue weighted by atomic mass is 9.81. The first-order valence-corrected chi connectivity index (χ1v) is 11.4. The SMILES string of the molecule is O=C1[C@H]2C[C@H](Br)[C@@H](Br)C[C@H]2C(=O)N1CC(=O)N(c1ccccc1)c1ccccc1. The number of hydrogen-bond donors (Lipinski definition) is 0. The number of fused-ring (bicyclic) bond motifs is 1. The zero-order valence-electron chi connectivity index (χ0n) is 15.6. The van der Waals surface area contributed by atoms with Crippen LogP contribution in [0.5, 0.6) is 0 Å². The number of halogens is 2. The van der Waals surface area contributed by atoms with Crippen LogP contribution in [0, 0.1) is 11.8 Å². The predicted molar refractivity (Wildman–Crippen MR) is 118 cm³/mol. The molecule has 1 heterocycles. The third-order valence-electron chi connectivity index (χ3n) is 5.57. The zero-order chi connectivity index (χ0) is 20.5. The van der Waals surface area contributed by atoms with Gasteiger partial charge < -0.3 is 0 Å². The summed E-state index contributed by atoms with van der Waals surface area (Å²) in [6.07, 6.45) is 1.19. The van der Waals surface area contributed by atoms with Gasteiger partial charge in [0.2, 0.25) is 11.8 Å². The van der Waals surface area contributed by atoms with Crippen LogP contribution in [0.3, 0.4) is 0 Å². The van der Waals surface area contributed by atoms with E-state index < -0.39 is 0 Å². The molecule has 1 saturated carbocycles. The van der Waals surface area contributed by atoms with Crippen molar-refractivity contribution >= 4 is 61.0 Å². The highest BCUT2D eigenvalue weighted by molar-refractivity contribution is 9.12. The summed E-state index contributed by atoms with van der Waals surface area (Å²) >= 11 is 7.18. The van der Waals surface area contributed by atoms with Crippen molar-refractivity contribution in [2.24, 2.45) is 11.8 Å².